The highest BCUT2D eigenvalue weighted by Gasteiger charge is 2.32. The fraction of sp³-hybridized carbons (Fsp3) is 0.412. The van der Waals surface area contributed by atoms with Gasteiger partial charge in [-0.05, 0) is 18.9 Å². The number of fused-ring (bicyclic) bond motifs is 1. The molecule has 4 heteroatoms. The molecule has 1 aromatic carbocycles. The minimum atomic E-state index is -0.312. The van der Waals surface area contributed by atoms with E-state index in [0.29, 0.717) is 5.56 Å². The fourth-order valence-electron chi connectivity index (χ4n) is 3.18. The smallest absolute Gasteiger partial charge is 0.103 e. The van der Waals surface area contributed by atoms with E-state index < -0.39 is 0 Å². The van der Waals surface area contributed by atoms with Gasteiger partial charge in [0.2, 0.25) is 0 Å². The second-order valence-electron chi connectivity index (χ2n) is 5.80. The summed E-state index contributed by atoms with van der Waals surface area (Å²) < 4.78 is 0. The first-order valence-corrected chi connectivity index (χ1v) is 7.45. The molecule has 0 amide bonds. The monoisotopic (exact) mass is 281 g/mol. The maximum Gasteiger partial charge on any atom is 0.103 e. The highest BCUT2D eigenvalue weighted by Crippen LogP contribution is 2.35. The number of nitrogens with zero attached hydrogens (tertiary/aromatic N) is 2. The molecular weight excluding hydrogens is 262 g/mol. The first kappa shape index (κ1) is 13.8. The van der Waals surface area contributed by atoms with Crippen LogP contribution < -0.4 is 5.32 Å². The molecule has 0 unspecified atom stereocenters. The predicted octanol–water partition coefficient (Wildman–Crippen LogP) is 3.21. The van der Waals surface area contributed by atoms with Crippen LogP contribution in [0.4, 0.5) is 5.69 Å². The van der Waals surface area contributed by atoms with E-state index >= 15 is 0 Å². The lowest BCUT2D eigenvalue weighted by molar-refractivity contribution is 0.173. The van der Waals surface area contributed by atoms with Crippen LogP contribution in [0.1, 0.15) is 37.7 Å². The van der Waals surface area contributed by atoms with Crippen LogP contribution in [0.3, 0.4) is 0 Å². The number of benzene rings is 1. The summed E-state index contributed by atoms with van der Waals surface area (Å²) in [6.07, 6.45) is 6.91. The van der Waals surface area contributed by atoms with Crippen LogP contribution in [0.15, 0.2) is 30.5 Å². The Balaban J connectivity index is 2.08. The third kappa shape index (κ3) is 2.57. The van der Waals surface area contributed by atoms with Gasteiger partial charge in [-0.25, -0.2) is 0 Å². The SMILES string of the molecule is N#Cc1cnc2ccccc2c1NC1(CO)CCCCC1. The van der Waals surface area contributed by atoms with Gasteiger partial charge < -0.3 is 10.4 Å². The summed E-state index contributed by atoms with van der Waals surface area (Å²) in [5.41, 5.74) is 1.89. The van der Waals surface area contributed by atoms with E-state index in [4.69, 9.17) is 0 Å². The third-order valence-electron chi connectivity index (χ3n) is 4.40. The van der Waals surface area contributed by atoms with Gasteiger partial charge in [0.1, 0.15) is 6.07 Å². The molecule has 0 radical (unpaired) electrons. The summed E-state index contributed by atoms with van der Waals surface area (Å²) in [6, 6.07) is 10.0. The molecule has 1 heterocycles. The van der Waals surface area contributed by atoms with Crippen molar-refractivity contribution < 1.29 is 5.11 Å². The zero-order valence-corrected chi connectivity index (χ0v) is 12.0. The van der Waals surface area contributed by atoms with Crippen molar-refractivity contribution in [3.63, 3.8) is 0 Å². The van der Waals surface area contributed by atoms with Gasteiger partial charge in [-0.3, -0.25) is 4.98 Å². The number of hydrogen-bond donors (Lipinski definition) is 2. The summed E-state index contributed by atoms with van der Waals surface area (Å²) in [4.78, 5) is 4.33. The Labute approximate surface area is 124 Å². The quantitative estimate of drug-likeness (QED) is 0.906. The molecule has 0 bridgehead atoms. The number of aromatic nitrogens is 1. The van der Waals surface area contributed by atoms with E-state index in [1.54, 1.807) is 6.20 Å². The van der Waals surface area contributed by atoms with Crippen LogP contribution >= 0.6 is 0 Å². The maximum absolute atomic E-state index is 9.88. The molecule has 2 N–H and O–H groups in total. The van der Waals surface area contributed by atoms with Gasteiger partial charge in [0.05, 0.1) is 28.9 Å². The van der Waals surface area contributed by atoms with E-state index in [-0.39, 0.29) is 12.1 Å². The van der Waals surface area contributed by atoms with Gasteiger partial charge in [-0.15, -0.1) is 0 Å². The number of nitriles is 1. The second kappa shape index (κ2) is 5.71. The Bertz CT molecular complexity index is 684. The fourth-order valence-corrected chi connectivity index (χ4v) is 3.18. The topological polar surface area (TPSA) is 68.9 Å². The van der Waals surface area contributed by atoms with E-state index in [0.717, 1.165) is 42.3 Å². The van der Waals surface area contributed by atoms with E-state index in [1.807, 2.05) is 24.3 Å². The van der Waals surface area contributed by atoms with Crippen LogP contribution in [0, 0.1) is 11.3 Å². The molecule has 4 nitrogen and oxygen atoms in total. The highest BCUT2D eigenvalue weighted by atomic mass is 16.3. The molecule has 1 aliphatic rings. The summed E-state index contributed by atoms with van der Waals surface area (Å²) in [5.74, 6) is 0. The van der Waals surface area contributed by atoms with E-state index in [9.17, 15) is 10.4 Å². The average molecular weight is 281 g/mol. The Morgan fingerprint density at radius 1 is 1.24 bits per heavy atom. The van der Waals surface area contributed by atoms with Crippen LogP contribution in [-0.2, 0) is 0 Å². The Morgan fingerprint density at radius 2 is 2.00 bits per heavy atom. The van der Waals surface area contributed by atoms with Crippen molar-refractivity contribution in [2.24, 2.45) is 0 Å². The molecule has 0 atom stereocenters. The number of hydrogen-bond acceptors (Lipinski definition) is 4. The number of aliphatic hydroxyl groups is 1. The number of anilines is 1. The van der Waals surface area contributed by atoms with Crippen molar-refractivity contribution in [1.82, 2.24) is 4.98 Å². The Morgan fingerprint density at radius 3 is 2.71 bits per heavy atom. The maximum atomic E-state index is 9.88. The number of pyridine rings is 1. The van der Waals surface area contributed by atoms with Crippen molar-refractivity contribution >= 4 is 16.6 Å². The summed E-state index contributed by atoms with van der Waals surface area (Å²) >= 11 is 0. The molecule has 0 spiro atoms. The molecule has 1 aromatic heterocycles. The molecule has 3 rings (SSSR count). The van der Waals surface area contributed by atoms with Crippen molar-refractivity contribution in [2.75, 3.05) is 11.9 Å². The number of nitrogens with one attached hydrogen (secondary N) is 1. The normalized spacial score (nSPS) is 17.3. The highest BCUT2D eigenvalue weighted by molar-refractivity contribution is 5.94. The molecule has 1 aliphatic carbocycles. The first-order valence-electron chi connectivity index (χ1n) is 7.45. The minimum absolute atomic E-state index is 0.0918. The minimum Gasteiger partial charge on any atom is -0.394 e. The average Bonchev–Trinajstić information content (AvgIpc) is 2.56. The van der Waals surface area contributed by atoms with Crippen LogP contribution in [0.5, 0.6) is 0 Å². The molecule has 1 saturated carbocycles. The lowest BCUT2D eigenvalue weighted by Gasteiger charge is -2.38. The molecule has 0 aliphatic heterocycles. The Kier molecular flexibility index (Phi) is 3.76. The van der Waals surface area contributed by atoms with E-state index in [1.165, 1.54) is 6.42 Å². The van der Waals surface area contributed by atoms with Crippen LogP contribution in [0.25, 0.3) is 10.9 Å². The van der Waals surface area contributed by atoms with Crippen molar-refractivity contribution in [3.8, 4) is 6.07 Å². The van der Waals surface area contributed by atoms with Gasteiger partial charge in [0.15, 0.2) is 0 Å². The van der Waals surface area contributed by atoms with Crippen LogP contribution in [0.2, 0.25) is 0 Å². The van der Waals surface area contributed by atoms with Gasteiger partial charge in [0, 0.05) is 11.6 Å². The van der Waals surface area contributed by atoms with Crippen molar-refractivity contribution in [1.29, 1.82) is 5.26 Å². The largest absolute Gasteiger partial charge is 0.394 e. The summed E-state index contributed by atoms with van der Waals surface area (Å²) in [5, 5.41) is 23.7. The van der Waals surface area contributed by atoms with Gasteiger partial charge in [-0.2, -0.15) is 5.26 Å². The van der Waals surface area contributed by atoms with Crippen LogP contribution in [-0.4, -0.2) is 22.2 Å². The van der Waals surface area contributed by atoms with Gasteiger partial charge in [-0.1, -0.05) is 37.5 Å². The second-order valence-corrected chi connectivity index (χ2v) is 5.80. The molecule has 0 saturated heterocycles. The van der Waals surface area contributed by atoms with Crippen molar-refractivity contribution in [3.05, 3.63) is 36.0 Å². The number of para-hydroxylation sites is 1. The molecular formula is C17H19N3O. The van der Waals surface area contributed by atoms with Gasteiger partial charge in [0.25, 0.3) is 0 Å². The lowest BCUT2D eigenvalue weighted by Crippen LogP contribution is -2.44. The predicted molar refractivity (Wildman–Crippen MR) is 83.0 cm³/mol. The summed E-state index contributed by atoms with van der Waals surface area (Å²) in [7, 11) is 0. The first-order chi connectivity index (χ1) is 10.3. The zero-order chi connectivity index (χ0) is 14.7. The zero-order valence-electron chi connectivity index (χ0n) is 12.0. The number of rotatable bonds is 3. The summed E-state index contributed by atoms with van der Waals surface area (Å²) in [6.45, 7) is 0.0918. The van der Waals surface area contributed by atoms with Crippen molar-refractivity contribution in [2.45, 2.75) is 37.6 Å². The molecule has 1 fully saturated rings. The van der Waals surface area contributed by atoms with E-state index in [2.05, 4.69) is 16.4 Å². The molecule has 2 aromatic rings. The molecule has 108 valence electrons. The van der Waals surface area contributed by atoms with Gasteiger partial charge >= 0.3 is 0 Å². The third-order valence-corrected chi connectivity index (χ3v) is 4.40. The molecule has 21 heavy (non-hydrogen) atoms. The standard InChI is InChI=1S/C17H19N3O/c18-10-13-11-19-15-7-3-2-6-14(15)16(13)20-17(12-21)8-4-1-5-9-17/h2-3,6-7,11,21H,1,4-5,8-9,12H2,(H,19,20). The number of aliphatic hydroxyl groups excluding tert-OH is 1. The lowest BCUT2D eigenvalue weighted by atomic mass is 9.82. The Hall–Kier alpha value is -2.12.